The van der Waals surface area contributed by atoms with Crippen LogP contribution < -0.4 is 21.3 Å². The zero-order valence-electron chi connectivity index (χ0n) is 29.9. The summed E-state index contributed by atoms with van der Waals surface area (Å²) in [5.41, 5.74) is -0.961. The molecule has 0 aromatic carbocycles. The summed E-state index contributed by atoms with van der Waals surface area (Å²) in [4.78, 5) is 55.4. The van der Waals surface area contributed by atoms with Crippen molar-refractivity contribution in [2.24, 2.45) is 23.2 Å². The van der Waals surface area contributed by atoms with Crippen LogP contribution in [0.2, 0.25) is 0 Å². The van der Waals surface area contributed by atoms with Gasteiger partial charge in [-0.2, -0.15) is 4.31 Å². The Hall–Kier alpha value is -2.71. The number of piperidine rings is 1. The lowest BCUT2D eigenvalue weighted by atomic mass is 9.79. The first kappa shape index (κ1) is 38.7. The van der Waals surface area contributed by atoms with Crippen LogP contribution in [0.25, 0.3) is 0 Å². The van der Waals surface area contributed by atoms with E-state index in [1.807, 2.05) is 41.5 Å². The number of hydrogen-bond donors (Lipinski definition) is 5. The highest BCUT2D eigenvalue weighted by atomic mass is 32.2. The van der Waals surface area contributed by atoms with E-state index in [-0.39, 0.29) is 36.6 Å². The maximum Gasteiger partial charge on any atom is 0.315 e. The minimum absolute atomic E-state index is 0.0507. The van der Waals surface area contributed by atoms with Gasteiger partial charge in [-0.25, -0.2) is 13.2 Å². The van der Waals surface area contributed by atoms with Gasteiger partial charge in [0.25, 0.3) is 5.91 Å². The van der Waals surface area contributed by atoms with Crippen molar-refractivity contribution in [1.82, 2.24) is 30.5 Å². The highest BCUT2D eigenvalue weighted by Crippen LogP contribution is 2.54. The van der Waals surface area contributed by atoms with Crippen LogP contribution in [0.4, 0.5) is 4.79 Å². The molecular formula is C33H58N6O7S. The van der Waals surface area contributed by atoms with Crippen molar-refractivity contribution in [1.29, 1.82) is 0 Å². The summed E-state index contributed by atoms with van der Waals surface area (Å²) in [6, 6.07) is -3.27. The van der Waals surface area contributed by atoms with Crippen LogP contribution in [0.1, 0.15) is 88.0 Å². The predicted molar refractivity (Wildman–Crippen MR) is 180 cm³/mol. The fraction of sp³-hybridized carbons (Fsp3) is 0.818. The van der Waals surface area contributed by atoms with Crippen LogP contribution in [-0.2, 0) is 24.4 Å². The molecular weight excluding hydrogens is 624 g/mol. The smallest absolute Gasteiger partial charge is 0.315 e. The summed E-state index contributed by atoms with van der Waals surface area (Å²) in [6.45, 7) is 20.5. The number of nitrogens with one attached hydrogen (secondary N) is 4. The van der Waals surface area contributed by atoms with Gasteiger partial charge in [0.15, 0.2) is 6.10 Å². The van der Waals surface area contributed by atoms with Gasteiger partial charge in [-0.1, -0.05) is 52.2 Å². The van der Waals surface area contributed by atoms with Gasteiger partial charge >= 0.3 is 6.03 Å². The molecule has 0 bridgehead atoms. The maximum absolute atomic E-state index is 14.1. The first-order valence-corrected chi connectivity index (χ1v) is 18.3. The van der Waals surface area contributed by atoms with E-state index in [1.165, 1.54) is 16.3 Å². The molecule has 3 rings (SSSR count). The Morgan fingerprint density at radius 2 is 1.62 bits per heavy atom. The van der Waals surface area contributed by atoms with E-state index in [9.17, 15) is 32.7 Å². The van der Waals surface area contributed by atoms with Crippen LogP contribution in [0, 0.1) is 23.2 Å². The molecule has 14 heteroatoms. The summed E-state index contributed by atoms with van der Waals surface area (Å²) in [5.74, 6) is -2.12. The van der Waals surface area contributed by atoms with Gasteiger partial charge in [0.05, 0.1) is 11.8 Å². The van der Waals surface area contributed by atoms with E-state index in [1.54, 1.807) is 20.8 Å². The van der Waals surface area contributed by atoms with Gasteiger partial charge in [0.2, 0.25) is 21.8 Å². The molecule has 1 aliphatic heterocycles. The summed E-state index contributed by atoms with van der Waals surface area (Å²) in [6.07, 6.45) is 1.56. The highest BCUT2D eigenvalue weighted by molar-refractivity contribution is 7.89. The average molecular weight is 683 g/mol. The van der Waals surface area contributed by atoms with E-state index in [4.69, 9.17) is 0 Å². The molecule has 2 aliphatic carbocycles. The van der Waals surface area contributed by atoms with Gasteiger partial charge in [0, 0.05) is 43.1 Å². The Balaban J connectivity index is 1.75. The molecule has 1 saturated heterocycles. The summed E-state index contributed by atoms with van der Waals surface area (Å²) >= 11 is 0. The van der Waals surface area contributed by atoms with Crippen LogP contribution in [-0.4, -0.2) is 108 Å². The second-order valence-corrected chi connectivity index (χ2v) is 18.7. The number of carbonyl (C=O) groups is 4. The lowest BCUT2D eigenvalue weighted by Crippen LogP contribution is -2.62. The first-order valence-electron chi connectivity index (χ1n) is 16.7. The molecule has 5 N–H and O–H groups in total. The minimum Gasteiger partial charge on any atom is -0.381 e. The van der Waals surface area contributed by atoms with Crippen LogP contribution >= 0.6 is 0 Å². The molecule has 3 fully saturated rings. The zero-order valence-corrected chi connectivity index (χ0v) is 30.7. The van der Waals surface area contributed by atoms with Crippen molar-refractivity contribution in [3.63, 3.8) is 0 Å². The normalized spacial score (nSPS) is 23.7. The van der Waals surface area contributed by atoms with Gasteiger partial charge in [-0.05, 0) is 59.3 Å². The topological polar surface area (TPSA) is 177 Å². The number of hydrogen-bond acceptors (Lipinski definition) is 7. The molecule has 2 saturated carbocycles. The Labute approximate surface area is 281 Å². The quantitative estimate of drug-likeness (QED) is 0.195. The molecule has 0 aromatic heterocycles. The minimum atomic E-state index is -3.67. The van der Waals surface area contributed by atoms with Crippen molar-refractivity contribution < 1.29 is 32.7 Å². The van der Waals surface area contributed by atoms with Crippen LogP contribution in [0.15, 0.2) is 12.2 Å². The number of likely N-dealkylation sites (tertiary alicyclic amines) is 1. The monoisotopic (exact) mass is 682 g/mol. The fourth-order valence-electron chi connectivity index (χ4n) is 6.20. The summed E-state index contributed by atoms with van der Waals surface area (Å²) in [5, 5.41) is 22.2. The lowest BCUT2D eigenvalue weighted by Gasteiger charge is -2.38. The number of fused-ring (bicyclic) bond motifs is 1. The zero-order chi connectivity index (χ0) is 35.9. The van der Waals surface area contributed by atoms with Gasteiger partial charge < -0.3 is 31.3 Å². The molecule has 2 unspecified atom stereocenters. The first-order chi connectivity index (χ1) is 21.3. The second-order valence-electron chi connectivity index (χ2n) is 16.6. The Morgan fingerprint density at radius 3 is 2.11 bits per heavy atom. The number of urea groups is 1. The molecule has 47 heavy (non-hydrogen) atoms. The molecule has 1 heterocycles. The number of aliphatic hydroxyl groups excluding tert-OH is 1. The third-order valence-corrected chi connectivity index (χ3v) is 11.6. The van der Waals surface area contributed by atoms with Crippen molar-refractivity contribution in [3.05, 3.63) is 12.2 Å². The third-order valence-electron chi connectivity index (χ3n) is 9.54. The fourth-order valence-corrected chi connectivity index (χ4v) is 7.66. The van der Waals surface area contributed by atoms with Gasteiger partial charge in [-0.15, -0.1) is 0 Å². The SMILES string of the molecule is C=C1[C@H]2[C@@H]1CN(C(=O)[C@@H](NC(=O)NC(C)(C)C)C(C)(C)C)[C@@H]2C(=O)NC(CC1CCC1)C(O)C(=O)NCCS(=O)(=O)N(C)C(C)(C)C. The lowest BCUT2D eigenvalue weighted by molar-refractivity contribution is -0.144. The predicted octanol–water partition coefficient (Wildman–Crippen LogP) is 1.72. The van der Waals surface area contributed by atoms with Crippen molar-refractivity contribution >= 4 is 33.8 Å². The highest BCUT2D eigenvalue weighted by Gasteiger charge is 2.61. The van der Waals surface area contributed by atoms with E-state index >= 15 is 0 Å². The standard InChI is InChI=1S/C33H58N6O7S/c1-19-21-18-39(29(43)26(31(2,3)4)36-30(44)37-32(5,6)7)24(23(19)21)27(41)35-22(17-20-13-12-14-20)25(40)28(42)34-15-16-47(45,46)38(11)33(8,9)10/h20-26,40H,1,12-18H2,2-11H3,(H,34,42)(H,35,41)(H2,36,37,44)/t21-,22?,23+,24+,25?,26-/m1/s1. The number of nitrogens with zero attached hydrogens (tertiary/aromatic N) is 2. The van der Waals surface area contributed by atoms with Crippen LogP contribution in [0.5, 0.6) is 0 Å². The Morgan fingerprint density at radius 1 is 1.02 bits per heavy atom. The molecule has 0 spiro atoms. The largest absolute Gasteiger partial charge is 0.381 e. The van der Waals surface area contributed by atoms with E-state index in [0.29, 0.717) is 6.42 Å². The van der Waals surface area contributed by atoms with Crippen LogP contribution in [0.3, 0.4) is 0 Å². The Bertz CT molecular complexity index is 1330. The molecule has 6 atom stereocenters. The van der Waals surface area contributed by atoms with Gasteiger partial charge in [0.1, 0.15) is 12.1 Å². The molecule has 0 aromatic rings. The molecule has 268 valence electrons. The number of aliphatic hydroxyl groups is 1. The average Bonchev–Trinajstić information content (AvgIpc) is 3.32. The number of sulfonamides is 1. The third kappa shape index (κ3) is 9.69. The van der Waals surface area contributed by atoms with Crippen molar-refractivity contribution in [2.75, 3.05) is 25.9 Å². The number of rotatable bonds is 12. The van der Waals surface area contributed by atoms with E-state index < -0.39 is 74.5 Å². The van der Waals surface area contributed by atoms with E-state index in [2.05, 4.69) is 27.8 Å². The van der Waals surface area contributed by atoms with Gasteiger partial charge in [-0.3, -0.25) is 14.4 Å². The van der Waals surface area contributed by atoms with E-state index in [0.717, 1.165) is 24.8 Å². The molecule has 3 aliphatic rings. The number of carbonyl (C=O) groups excluding carboxylic acids is 4. The summed E-state index contributed by atoms with van der Waals surface area (Å²) in [7, 11) is -2.19. The number of amides is 5. The molecule has 0 radical (unpaired) electrons. The maximum atomic E-state index is 14.1. The second kappa shape index (κ2) is 14.0. The molecule has 13 nitrogen and oxygen atoms in total. The summed E-state index contributed by atoms with van der Waals surface area (Å²) < 4.78 is 26.7. The Kier molecular flexibility index (Phi) is 11.6. The van der Waals surface area contributed by atoms with Crippen molar-refractivity contribution in [2.45, 2.75) is 123 Å². The van der Waals surface area contributed by atoms with Crippen molar-refractivity contribution in [3.8, 4) is 0 Å². The molecule has 5 amide bonds.